The van der Waals surface area contributed by atoms with Gasteiger partial charge in [-0.05, 0) is 52.9 Å². The minimum atomic E-state index is -0.293. The van der Waals surface area contributed by atoms with Crippen LogP contribution in [0.2, 0.25) is 0 Å². The molecule has 1 atom stereocenters. The molecule has 1 aliphatic rings. The highest BCUT2D eigenvalue weighted by Gasteiger charge is 2.41. The highest BCUT2D eigenvalue weighted by molar-refractivity contribution is 6.11. The number of aromatic nitrogens is 3. The van der Waals surface area contributed by atoms with Gasteiger partial charge in [0.1, 0.15) is 5.82 Å². The molecule has 3 nitrogen and oxygen atoms in total. The number of rotatable bonds is 4. The second-order valence-electron chi connectivity index (χ2n) is 12.0. The maximum absolute atomic E-state index is 5.25. The molecule has 8 aromatic rings. The first-order valence-corrected chi connectivity index (χ1v) is 15.4. The quantitative estimate of drug-likeness (QED) is 0.209. The Kier molecular flexibility index (Phi) is 5.63. The van der Waals surface area contributed by atoms with E-state index < -0.39 is 0 Å². The van der Waals surface area contributed by atoms with E-state index in [1.165, 1.54) is 38.6 Å². The van der Waals surface area contributed by atoms with Crippen LogP contribution in [0.3, 0.4) is 0 Å². The fourth-order valence-electron chi connectivity index (χ4n) is 7.30. The first-order valence-electron chi connectivity index (χ1n) is 15.4. The van der Waals surface area contributed by atoms with E-state index in [9.17, 15) is 0 Å². The monoisotopic (exact) mass is 575 g/mol. The summed E-state index contributed by atoms with van der Waals surface area (Å²) < 4.78 is 2.33. The predicted molar refractivity (Wildman–Crippen MR) is 185 cm³/mol. The fourth-order valence-corrected chi connectivity index (χ4v) is 7.30. The molecule has 2 heterocycles. The van der Waals surface area contributed by atoms with Gasteiger partial charge in [0.05, 0.1) is 16.7 Å². The molecule has 0 spiro atoms. The maximum Gasteiger partial charge on any atom is 0.162 e. The SMILES string of the molecule is CC1(c2ccccc2)c2ccccc2-c2cc3c4ccccc4n(-c4cc(-c5ccccc5)nc(-c5ccccc5)n4)c3cc21. The molecular formula is C42H29N3. The van der Waals surface area contributed by atoms with Gasteiger partial charge < -0.3 is 0 Å². The lowest BCUT2D eigenvalue weighted by molar-refractivity contribution is 0.714. The molecule has 0 radical (unpaired) electrons. The van der Waals surface area contributed by atoms with E-state index in [0.29, 0.717) is 5.82 Å². The summed E-state index contributed by atoms with van der Waals surface area (Å²) in [6.45, 7) is 2.37. The number of para-hydroxylation sites is 1. The Labute approximate surface area is 262 Å². The number of hydrogen-bond acceptors (Lipinski definition) is 2. The van der Waals surface area contributed by atoms with Crippen molar-refractivity contribution in [2.45, 2.75) is 12.3 Å². The zero-order valence-electron chi connectivity index (χ0n) is 24.9. The normalized spacial score (nSPS) is 15.3. The van der Waals surface area contributed by atoms with Crippen LogP contribution in [-0.2, 0) is 5.41 Å². The number of fused-ring (bicyclic) bond motifs is 6. The van der Waals surface area contributed by atoms with E-state index in [2.05, 4.69) is 145 Å². The molecule has 1 unspecified atom stereocenters. The van der Waals surface area contributed by atoms with Crippen molar-refractivity contribution in [1.82, 2.24) is 14.5 Å². The van der Waals surface area contributed by atoms with Gasteiger partial charge in [0.15, 0.2) is 5.82 Å². The van der Waals surface area contributed by atoms with Crippen LogP contribution in [0.5, 0.6) is 0 Å². The first-order chi connectivity index (χ1) is 22.2. The molecular weight excluding hydrogens is 546 g/mol. The van der Waals surface area contributed by atoms with Crippen LogP contribution in [0.1, 0.15) is 23.6 Å². The predicted octanol–water partition coefficient (Wildman–Crippen LogP) is 10.2. The molecule has 0 N–H and O–H groups in total. The van der Waals surface area contributed by atoms with E-state index in [0.717, 1.165) is 33.7 Å². The Hall–Kier alpha value is -5.80. The lowest BCUT2D eigenvalue weighted by atomic mass is 9.74. The summed E-state index contributed by atoms with van der Waals surface area (Å²) in [6, 6.07) is 56.1. The van der Waals surface area contributed by atoms with E-state index in [1.807, 2.05) is 24.3 Å². The number of benzene rings is 6. The Balaban J connectivity index is 1.38. The molecule has 0 fully saturated rings. The summed E-state index contributed by atoms with van der Waals surface area (Å²) in [6.07, 6.45) is 0. The van der Waals surface area contributed by atoms with Crippen molar-refractivity contribution >= 4 is 21.8 Å². The summed E-state index contributed by atoms with van der Waals surface area (Å²) in [5.41, 5.74) is 11.5. The third kappa shape index (κ3) is 3.84. The highest BCUT2D eigenvalue weighted by atomic mass is 15.1. The number of nitrogens with zero attached hydrogens (tertiary/aromatic N) is 3. The Morgan fingerprint density at radius 1 is 0.489 bits per heavy atom. The minimum Gasteiger partial charge on any atom is -0.294 e. The number of hydrogen-bond donors (Lipinski definition) is 0. The molecule has 1 aliphatic carbocycles. The van der Waals surface area contributed by atoms with E-state index in [4.69, 9.17) is 9.97 Å². The fraction of sp³-hybridized carbons (Fsp3) is 0.0476. The zero-order valence-corrected chi connectivity index (χ0v) is 24.9. The van der Waals surface area contributed by atoms with Crippen molar-refractivity contribution in [1.29, 1.82) is 0 Å². The van der Waals surface area contributed by atoms with Gasteiger partial charge in [0.25, 0.3) is 0 Å². The molecule has 0 bridgehead atoms. The van der Waals surface area contributed by atoms with Crippen LogP contribution in [0.25, 0.3) is 61.4 Å². The Morgan fingerprint density at radius 2 is 1.13 bits per heavy atom. The summed E-state index contributed by atoms with van der Waals surface area (Å²) >= 11 is 0. The van der Waals surface area contributed by atoms with E-state index in [1.54, 1.807) is 0 Å². The third-order valence-corrected chi connectivity index (χ3v) is 9.50. The van der Waals surface area contributed by atoms with Crippen LogP contribution in [0.15, 0.2) is 158 Å². The van der Waals surface area contributed by atoms with Crippen molar-refractivity contribution in [2.75, 3.05) is 0 Å². The van der Waals surface area contributed by atoms with Crippen LogP contribution < -0.4 is 0 Å². The molecule has 2 aromatic heterocycles. The topological polar surface area (TPSA) is 30.7 Å². The lowest BCUT2D eigenvalue weighted by Gasteiger charge is -2.28. The van der Waals surface area contributed by atoms with Gasteiger partial charge in [-0.25, -0.2) is 9.97 Å². The standard InChI is InChI=1S/C42H29N3/c1-42(30-19-9-4-10-20-30)35-23-13-11-21-31(35)33-25-34-32-22-12-14-24-38(32)45(39(34)26-36(33)42)40-27-37(28-15-5-2-6-16-28)43-41(44-40)29-17-7-3-8-18-29/h2-27H,1H3. The molecule has 9 rings (SSSR count). The molecule has 0 amide bonds. The van der Waals surface area contributed by atoms with Gasteiger partial charge in [0.2, 0.25) is 0 Å². The van der Waals surface area contributed by atoms with Crippen molar-refractivity contribution in [3.63, 3.8) is 0 Å². The maximum atomic E-state index is 5.25. The molecule has 6 aromatic carbocycles. The smallest absolute Gasteiger partial charge is 0.162 e. The third-order valence-electron chi connectivity index (χ3n) is 9.50. The molecule has 45 heavy (non-hydrogen) atoms. The van der Waals surface area contributed by atoms with Gasteiger partial charge in [0, 0.05) is 33.4 Å². The average Bonchev–Trinajstić information content (AvgIpc) is 3.58. The largest absolute Gasteiger partial charge is 0.294 e. The van der Waals surface area contributed by atoms with Gasteiger partial charge in [-0.2, -0.15) is 0 Å². The summed E-state index contributed by atoms with van der Waals surface area (Å²) in [7, 11) is 0. The van der Waals surface area contributed by atoms with Crippen LogP contribution >= 0.6 is 0 Å². The summed E-state index contributed by atoms with van der Waals surface area (Å²) in [5.74, 6) is 1.56. The van der Waals surface area contributed by atoms with Crippen molar-refractivity contribution in [3.8, 4) is 39.6 Å². The Morgan fingerprint density at radius 3 is 1.91 bits per heavy atom. The Bertz CT molecular complexity index is 2320. The minimum absolute atomic E-state index is 0.293. The molecule has 0 saturated carbocycles. The average molecular weight is 576 g/mol. The zero-order chi connectivity index (χ0) is 30.0. The lowest BCUT2D eigenvalue weighted by Crippen LogP contribution is -2.22. The van der Waals surface area contributed by atoms with Crippen LogP contribution in [0, 0.1) is 0 Å². The first kappa shape index (κ1) is 25.7. The van der Waals surface area contributed by atoms with Crippen LogP contribution in [-0.4, -0.2) is 14.5 Å². The second-order valence-corrected chi connectivity index (χ2v) is 12.0. The van der Waals surface area contributed by atoms with Gasteiger partial charge in [-0.1, -0.05) is 133 Å². The van der Waals surface area contributed by atoms with Crippen molar-refractivity contribution in [3.05, 3.63) is 174 Å². The second kappa shape index (κ2) is 9.87. The molecule has 0 saturated heterocycles. The van der Waals surface area contributed by atoms with Gasteiger partial charge >= 0.3 is 0 Å². The van der Waals surface area contributed by atoms with Gasteiger partial charge in [-0.3, -0.25) is 4.57 Å². The van der Waals surface area contributed by atoms with Crippen LogP contribution in [0.4, 0.5) is 0 Å². The van der Waals surface area contributed by atoms with Crippen molar-refractivity contribution < 1.29 is 0 Å². The highest BCUT2D eigenvalue weighted by Crippen LogP contribution is 2.54. The molecule has 0 aliphatic heterocycles. The summed E-state index contributed by atoms with van der Waals surface area (Å²) in [5, 5.41) is 2.43. The summed E-state index contributed by atoms with van der Waals surface area (Å²) in [4.78, 5) is 10.3. The van der Waals surface area contributed by atoms with Crippen molar-refractivity contribution in [2.24, 2.45) is 0 Å². The van der Waals surface area contributed by atoms with Gasteiger partial charge in [-0.15, -0.1) is 0 Å². The van der Waals surface area contributed by atoms with E-state index >= 15 is 0 Å². The van der Waals surface area contributed by atoms with E-state index in [-0.39, 0.29) is 5.41 Å². The molecule has 3 heteroatoms. The molecule has 212 valence electrons.